The summed E-state index contributed by atoms with van der Waals surface area (Å²) in [6, 6.07) is 0. The zero-order valence-corrected chi connectivity index (χ0v) is 14.3. The van der Waals surface area contributed by atoms with Gasteiger partial charge >= 0.3 is 5.97 Å². The molecule has 3 heterocycles. The number of carbonyl (C=O) groups is 1. The van der Waals surface area contributed by atoms with Gasteiger partial charge in [-0.05, 0) is 13.8 Å². The van der Waals surface area contributed by atoms with E-state index >= 15 is 0 Å². The zero-order valence-electron chi connectivity index (χ0n) is 14.3. The summed E-state index contributed by atoms with van der Waals surface area (Å²) < 4.78 is 11.5. The van der Waals surface area contributed by atoms with Crippen molar-refractivity contribution in [2.24, 2.45) is 0 Å². The number of H-pyrrole nitrogens is 1. The molecule has 9 nitrogen and oxygen atoms in total. The molecule has 0 aliphatic carbocycles. The average molecular weight is 332 g/mol. The van der Waals surface area contributed by atoms with Crippen molar-refractivity contribution in [3.63, 3.8) is 0 Å². The molecule has 0 aliphatic heterocycles. The van der Waals surface area contributed by atoms with Gasteiger partial charge in [-0.15, -0.1) is 0 Å². The molecular formula is C15H20N6O3. The second-order valence-corrected chi connectivity index (χ2v) is 4.47. The Morgan fingerprint density at radius 2 is 2.04 bits per heavy atom. The fourth-order valence-electron chi connectivity index (χ4n) is 1.97. The summed E-state index contributed by atoms with van der Waals surface area (Å²) in [7, 11) is 1.50. The number of rotatable bonds is 4. The van der Waals surface area contributed by atoms with Crippen molar-refractivity contribution in [3.05, 3.63) is 23.7 Å². The molecule has 0 bridgehead atoms. The fraction of sp³-hybridized carbons (Fsp3) is 0.400. The second-order valence-electron chi connectivity index (χ2n) is 4.47. The Hall–Kier alpha value is -2.97. The molecule has 3 aromatic rings. The van der Waals surface area contributed by atoms with Gasteiger partial charge in [0.15, 0.2) is 5.52 Å². The van der Waals surface area contributed by atoms with Gasteiger partial charge < -0.3 is 9.47 Å². The maximum absolute atomic E-state index is 11.7. The van der Waals surface area contributed by atoms with Crippen LogP contribution in [0.4, 0.5) is 0 Å². The summed E-state index contributed by atoms with van der Waals surface area (Å²) in [6.45, 7) is 7.89. The molecule has 24 heavy (non-hydrogen) atoms. The average Bonchev–Trinajstić information content (AvgIpc) is 3.24. The first kappa shape index (κ1) is 17.4. The van der Waals surface area contributed by atoms with Crippen molar-refractivity contribution in [2.45, 2.75) is 27.7 Å². The van der Waals surface area contributed by atoms with Crippen LogP contribution < -0.4 is 4.74 Å². The highest BCUT2D eigenvalue weighted by Crippen LogP contribution is 2.23. The lowest BCUT2D eigenvalue weighted by Gasteiger charge is -2.03. The van der Waals surface area contributed by atoms with Gasteiger partial charge in [-0.25, -0.2) is 14.5 Å². The number of esters is 1. The Morgan fingerprint density at radius 3 is 2.71 bits per heavy atom. The fourth-order valence-corrected chi connectivity index (χ4v) is 1.97. The minimum absolute atomic E-state index is 0.282. The van der Waals surface area contributed by atoms with Gasteiger partial charge in [0.05, 0.1) is 31.2 Å². The predicted octanol–water partition coefficient (Wildman–Crippen LogP) is 2.06. The van der Waals surface area contributed by atoms with Crippen molar-refractivity contribution in [1.82, 2.24) is 29.9 Å². The molecule has 0 amide bonds. The summed E-state index contributed by atoms with van der Waals surface area (Å²) in [4.78, 5) is 20.3. The summed E-state index contributed by atoms with van der Waals surface area (Å²) in [5, 5.41) is 11.0. The van der Waals surface area contributed by atoms with Crippen LogP contribution in [0.1, 0.15) is 36.8 Å². The lowest BCUT2D eigenvalue weighted by molar-refractivity contribution is 0.0526. The number of hydrogen-bond donors (Lipinski definition) is 1. The standard InChI is InChI=1S/C13H14N6O3.C2H6/c1-4-22-12(20)8-5-14-19(6-8)13-15-9-7(2)17-18-10(9)11(16-13)21-3;1-2/h5-6H,4H2,1-3H3,(H,17,18);1-2H3. The summed E-state index contributed by atoms with van der Waals surface area (Å²) in [5.74, 6) is 0.170. The third-order valence-corrected chi connectivity index (χ3v) is 3.02. The molecule has 0 spiro atoms. The van der Waals surface area contributed by atoms with E-state index in [-0.39, 0.29) is 5.95 Å². The Morgan fingerprint density at radius 1 is 1.29 bits per heavy atom. The van der Waals surface area contributed by atoms with Crippen LogP contribution in [0, 0.1) is 6.92 Å². The van der Waals surface area contributed by atoms with Crippen molar-refractivity contribution in [1.29, 1.82) is 0 Å². The van der Waals surface area contributed by atoms with E-state index in [4.69, 9.17) is 9.47 Å². The molecule has 3 rings (SSSR count). The van der Waals surface area contributed by atoms with E-state index in [1.165, 1.54) is 24.2 Å². The van der Waals surface area contributed by atoms with E-state index in [1.807, 2.05) is 20.8 Å². The second kappa shape index (κ2) is 7.53. The molecule has 0 fully saturated rings. The summed E-state index contributed by atoms with van der Waals surface area (Å²) >= 11 is 0. The van der Waals surface area contributed by atoms with Gasteiger partial charge in [0.2, 0.25) is 5.88 Å². The molecule has 0 atom stereocenters. The molecule has 0 unspecified atom stereocenters. The lowest BCUT2D eigenvalue weighted by Crippen LogP contribution is -2.05. The third kappa shape index (κ3) is 3.19. The number of ether oxygens (including phenoxy) is 2. The minimum atomic E-state index is -0.443. The van der Waals surface area contributed by atoms with Crippen molar-refractivity contribution < 1.29 is 14.3 Å². The van der Waals surface area contributed by atoms with Crippen LogP contribution in [0.2, 0.25) is 0 Å². The number of aromatic amines is 1. The Labute approximate surface area is 139 Å². The first-order chi connectivity index (χ1) is 11.6. The topological polar surface area (TPSA) is 108 Å². The van der Waals surface area contributed by atoms with Crippen LogP contribution in [0.5, 0.6) is 5.88 Å². The highest BCUT2D eigenvalue weighted by Gasteiger charge is 2.16. The van der Waals surface area contributed by atoms with Gasteiger partial charge in [-0.1, -0.05) is 13.8 Å². The zero-order chi connectivity index (χ0) is 17.7. The highest BCUT2D eigenvalue weighted by atomic mass is 16.5. The summed E-state index contributed by atoms with van der Waals surface area (Å²) in [6.07, 6.45) is 2.91. The first-order valence-corrected chi connectivity index (χ1v) is 7.63. The minimum Gasteiger partial charge on any atom is -0.479 e. The maximum Gasteiger partial charge on any atom is 0.341 e. The van der Waals surface area contributed by atoms with Crippen molar-refractivity contribution in [2.75, 3.05) is 13.7 Å². The Kier molecular flexibility index (Phi) is 5.46. The maximum atomic E-state index is 11.7. The lowest BCUT2D eigenvalue weighted by atomic mass is 10.3. The van der Waals surface area contributed by atoms with Crippen LogP contribution in [0.15, 0.2) is 12.4 Å². The number of hydrogen-bond acceptors (Lipinski definition) is 7. The number of carbonyl (C=O) groups excluding carboxylic acids is 1. The molecule has 128 valence electrons. The van der Waals surface area contributed by atoms with E-state index < -0.39 is 5.97 Å². The quantitative estimate of drug-likeness (QED) is 0.728. The van der Waals surface area contributed by atoms with Gasteiger partial charge in [0.25, 0.3) is 5.95 Å². The van der Waals surface area contributed by atoms with Crippen LogP contribution in [-0.2, 0) is 4.74 Å². The number of nitrogens with zero attached hydrogens (tertiary/aromatic N) is 5. The molecule has 1 N–H and O–H groups in total. The SMILES string of the molecule is CC.CCOC(=O)c1cnn(-c2nc(OC)c3n[nH]c(C)c3n2)c1. The largest absolute Gasteiger partial charge is 0.479 e. The van der Waals surface area contributed by atoms with Crippen LogP contribution >= 0.6 is 0 Å². The molecule has 0 saturated carbocycles. The smallest absolute Gasteiger partial charge is 0.341 e. The van der Waals surface area contributed by atoms with E-state index in [1.54, 1.807) is 6.92 Å². The Bertz CT molecular complexity index is 839. The van der Waals surface area contributed by atoms with Crippen LogP contribution in [0.3, 0.4) is 0 Å². The molecule has 0 aromatic carbocycles. The third-order valence-electron chi connectivity index (χ3n) is 3.02. The molecule has 0 radical (unpaired) electrons. The monoisotopic (exact) mass is 332 g/mol. The van der Waals surface area contributed by atoms with E-state index in [0.29, 0.717) is 29.1 Å². The highest BCUT2D eigenvalue weighted by molar-refractivity contribution is 5.88. The Balaban J connectivity index is 0.00000100. The van der Waals surface area contributed by atoms with Gasteiger partial charge in [-0.2, -0.15) is 15.2 Å². The van der Waals surface area contributed by atoms with E-state index in [0.717, 1.165) is 5.69 Å². The van der Waals surface area contributed by atoms with Crippen molar-refractivity contribution in [3.8, 4) is 11.8 Å². The van der Waals surface area contributed by atoms with Gasteiger partial charge in [0.1, 0.15) is 5.52 Å². The predicted molar refractivity (Wildman–Crippen MR) is 87.4 cm³/mol. The first-order valence-electron chi connectivity index (χ1n) is 7.63. The van der Waals surface area contributed by atoms with Gasteiger partial charge in [-0.3, -0.25) is 5.10 Å². The normalized spacial score (nSPS) is 10.2. The number of nitrogens with one attached hydrogen (secondary N) is 1. The molecule has 3 aromatic heterocycles. The number of aromatic nitrogens is 6. The van der Waals surface area contributed by atoms with E-state index in [2.05, 4.69) is 25.3 Å². The molecule has 0 aliphatic rings. The number of methoxy groups -OCH3 is 1. The molecule has 9 heteroatoms. The number of aryl methyl sites for hydroxylation is 1. The van der Waals surface area contributed by atoms with E-state index in [9.17, 15) is 4.79 Å². The van der Waals surface area contributed by atoms with Crippen LogP contribution in [0.25, 0.3) is 17.0 Å². The van der Waals surface area contributed by atoms with Gasteiger partial charge in [0, 0.05) is 6.20 Å². The molecule has 0 saturated heterocycles. The molecular weight excluding hydrogens is 312 g/mol. The van der Waals surface area contributed by atoms with Crippen molar-refractivity contribution >= 4 is 17.0 Å². The van der Waals surface area contributed by atoms with Crippen LogP contribution in [-0.4, -0.2) is 49.6 Å². The summed E-state index contributed by atoms with van der Waals surface area (Å²) in [5.41, 5.74) is 2.29. The number of fused-ring (bicyclic) bond motifs is 1.